The van der Waals surface area contributed by atoms with Crippen LogP contribution in [-0.2, 0) is 16.4 Å². The number of anilines is 2. The van der Waals surface area contributed by atoms with Gasteiger partial charge in [0.1, 0.15) is 0 Å². The van der Waals surface area contributed by atoms with E-state index in [-0.39, 0.29) is 16.1 Å². The van der Waals surface area contributed by atoms with E-state index in [4.69, 9.17) is 0 Å². The molecule has 29 heavy (non-hydrogen) atoms. The lowest BCUT2D eigenvalue weighted by molar-refractivity contribution is 0.0696. The molecule has 2 rings (SSSR count). The number of sulfonamides is 1. The first kappa shape index (κ1) is 22.7. The molecule has 8 heteroatoms. The second-order valence-corrected chi connectivity index (χ2v) is 9.21. The molecule has 0 unspecified atom stereocenters. The van der Waals surface area contributed by atoms with Gasteiger partial charge in [-0.1, -0.05) is 39.3 Å². The number of carboxylic acid groups (broad SMARTS) is 1. The standard InChI is InChI=1S/C21H29N3O4S/c1-5-6-11-24(4)20-19(13-17(14-22-20)21(25)26)23-29(27,28)18-9-7-16(8-10-18)12-15(2)3/h7-10,13-15,23H,5-6,11-12H2,1-4H3,(H,25,26). The number of aromatic nitrogens is 1. The average molecular weight is 420 g/mol. The Labute approximate surface area is 172 Å². The predicted octanol–water partition coefficient (Wildman–Crippen LogP) is 4.02. The molecule has 0 atom stereocenters. The third-order valence-electron chi connectivity index (χ3n) is 4.44. The summed E-state index contributed by atoms with van der Waals surface area (Å²) in [6, 6.07) is 8.03. The van der Waals surface area contributed by atoms with Crippen LogP contribution in [0.15, 0.2) is 41.4 Å². The monoisotopic (exact) mass is 419 g/mol. The molecule has 0 radical (unpaired) electrons. The third kappa shape index (κ3) is 6.19. The molecular formula is C21H29N3O4S. The summed E-state index contributed by atoms with van der Waals surface area (Å²) in [5.74, 6) is -0.302. The van der Waals surface area contributed by atoms with Crippen molar-refractivity contribution in [2.45, 2.75) is 44.9 Å². The van der Waals surface area contributed by atoms with Crippen LogP contribution in [0.4, 0.5) is 11.5 Å². The van der Waals surface area contributed by atoms with Crippen LogP contribution in [0, 0.1) is 5.92 Å². The first-order valence-corrected chi connectivity index (χ1v) is 11.2. The van der Waals surface area contributed by atoms with Gasteiger partial charge in [-0.15, -0.1) is 0 Å². The van der Waals surface area contributed by atoms with E-state index in [1.54, 1.807) is 31.3 Å². The zero-order valence-electron chi connectivity index (χ0n) is 17.3. The van der Waals surface area contributed by atoms with E-state index in [0.717, 1.165) is 24.8 Å². The highest BCUT2D eigenvalue weighted by atomic mass is 32.2. The molecule has 0 spiro atoms. The molecule has 0 aliphatic heterocycles. The van der Waals surface area contributed by atoms with Crippen molar-refractivity contribution >= 4 is 27.5 Å². The molecule has 0 saturated carbocycles. The Morgan fingerprint density at radius 2 is 1.90 bits per heavy atom. The number of benzene rings is 1. The Balaban J connectivity index is 2.36. The van der Waals surface area contributed by atoms with E-state index in [9.17, 15) is 18.3 Å². The quantitative estimate of drug-likeness (QED) is 0.603. The van der Waals surface area contributed by atoms with Gasteiger partial charge in [0.25, 0.3) is 10.0 Å². The van der Waals surface area contributed by atoms with Crippen molar-refractivity contribution in [3.8, 4) is 0 Å². The third-order valence-corrected chi connectivity index (χ3v) is 5.83. The van der Waals surface area contributed by atoms with Gasteiger partial charge in [0.05, 0.1) is 16.1 Å². The van der Waals surface area contributed by atoms with E-state index < -0.39 is 16.0 Å². The van der Waals surface area contributed by atoms with Gasteiger partial charge in [0.15, 0.2) is 5.82 Å². The van der Waals surface area contributed by atoms with Crippen LogP contribution in [0.2, 0.25) is 0 Å². The van der Waals surface area contributed by atoms with Crippen LogP contribution >= 0.6 is 0 Å². The molecule has 7 nitrogen and oxygen atoms in total. The van der Waals surface area contributed by atoms with E-state index >= 15 is 0 Å². The van der Waals surface area contributed by atoms with Crippen molar-refractivity contribution in [2.24, 2.45) is 5.92 Å². The first-order chi connectivity index (χ1) is 13.6. The van der Waals surface area contributed by atoms with Gasteiger partial charge in [-0.2, -0.15) is 0 Å². The summed E-state index contributed by atoms with van der Waals surface area (Å²) in [7, 11) is -2.08. The van der Waals surface area contributed by atoms with Gasteiger partial charge in [-0.3, -0.25) is 4.72 Å². The van der Waals surface area contributed by atoms with Crippen LogP contribution < -0.4 is 9.62 Å². The summed E-state index contributed by atoms with van der Waals surface area (Å²) >= 11 is 0. The molecule has 2 N–H and O–H groups in total. The molecule has 0 saturated heterocycles. The molecule has 0 aliphatic rings. The van der Waals surface area contributed by atoms with E-state index in [1.165, 1.54) is 12.3 Å². The SMILES string of the molecule is CCCCN(C)c1ncc(C(=O)O)cc1NS(=O)(=O)c1ccc(CC(C)C)cc1. The topological polar surface area (TPSA) is 99.6 Å². The Hall–Kier alpha value is -2.61. The number of rotatable bonds is 10. The molecule has 1 aromatic heterocycles. The van der Waals surface area contributed by atoms with E-state index in [2.05, 4.69) is 30.5 Å². The van der Waals surface area contributed by atoms with Crippen LogP contribution in [0.3, 0.4) is 0 Å². The van der Waals surface area contributed by atoms with Crippen molar-refractivity contribution in [3.63, 3.8) is 0 Å². The summed E-state index contributed by atoms with van der Waals surface area (Å²) in [6.07, 6.45) is 3.98. The molecule has 1 heterocycles. The fourth-order valence-corrected chi connectivity index (χ4v) is 3.99. The number of carbonyl (C=O) groups is 1. The number of nitrogens with one attached hydrogen (secondary N) is 1. The fourth-order valence-electron chi connectivity index (χ4n) is 2.93. The minimum Gasteiger partial charge on any atom is -0.478 e. The highest BCUT2D eigenvalue weighted by Crippen LogP contribution is 2.27. The number of aromatic carboxylic acids is 1. The lowest BCUT2D eigenvalue weighted by Gasteiger charge is -2.22. The van der Waals surface area contributed by atoms with Gasteiger partial charge in [0, 0.05) is 19.8 Å². The molecule has 0 bridgehead atoms. The van der Waals surface area contributed by atoms with Crippen LogP contribution in [0.25, 0.3) is 0 Å². The molecular weight excluding hydrogens is 390 g/mol. The maximum absolute atomic E-state index is 12.9. The summed E-state index contributed by atoms with van der Waals surface area (Å²) < 4.78 is 28.3. The molecule has 0 fully saturated rings. The number of hydrogen-bond donors (Lipinski definition) is 2. The van der Waals surface area contributed by atoms with Crippen LogP contribution in [-0.4, -0.2) is 38.1 Å². The first-order valence-electron chi connectivity index (χ1n) is 9.70. The molecule has 1 aromatic carbocycles. The lowest BCUT2D eigenvalue weighted by atomic mass is 10.0. The van der Waals surface area contributed by atoms with Crippen molar-refractivity contribution in [1.29, 1.82) is 0 Å². The smallest absolute Gasteiger partial charge is 0.337 e. The number of hydrogen-bond acceptors (Lipinski definition) is 5. The minimum absolute atomic E-state index is 0.0809. The van der Waals surface area contributed by atoms with Gasteiger partial charge >= 0.3 is 5.97 Å². The second-order valence-electron chi connectivity index (χ2n) is 7.52. The van der Waals surface area contributed by atoms with E-state index in [0.29, 0.717) is 18.3 Å². The predicted molar refractivity (Wildman–Crippen MR) is 115 cm³/mol. The number of unbranched alkanes of at least 4 members (excludes halogenated alkanes) is 1. The number of carboxylic acids is 1. The maximum Gasteiger partial charge on any atom is 0.337 e. The number of nitrogens with zero attached hydrogens (tertiary/aromatic N) is 2. The fraction of sp³-hybridized carbons (Fsp3) is 0.429. The Morgan fingerprint density at radius 1 is 1.24 bits per heavy atom. The number of pyridine rings is 1. The second kappa shape index (κ2) is 9.73. The van der Waals surface area contributed by atoms with Gasteiger partial charge in [-0.25, -0.2) is 18.2 Å². The highest BCUT2D eigenvalue weighted by Gasteiger charge is 2.20. The average Bonchev–Trinajstić information content (AvgIpc) is 2.65. The summed E-state index contributed by atoms with van der Waals surface area (Å²) in [4.78, 5) is 17.5. The molecule has 0 amide bonds. The van der Waals surface area contributed by atoms with Crippen molar-refractivity contribution in [2.75, 3.05) is 23.2 Å². The zero-order valence-corrected chi connectivity index (χ0v) is 18.2. The Morgan fingerprint density at radius 3 is 2.45 bits per heavy atom. The summed E-state index contributed by atoms with van der Waals surface area (Å²) in [6.45, 7) is 6.94. The normalized spacial score (nSPS) is 11.5. The molecule has 0 aliphatic carbocycles. The van der Waals surface area contributed by atoms with Crippen molar-refractivity contribution in [1.82, 2.24) is 4.98 Å². The lowest BCUT2D eigenvalue weighted by Crippen LogP contribution is -2.23. The van der Waals surface area contributed by atoms with Crippen LogP contribution in [0.5, 0.6) is 0 Å². The highest BCUT2D eigenvalue weighted by molar-refractivity contribution is 7.92. The largest absolute Gasteiger partial charge is 0.478 e. The summed E-state index contributed by atoms with van der Waals surface area (Å²) in [5, 5.41) is 9.27. The maximum atomic E-state index is 12.9. The Kier molecular flexibility index (Phi) is 7.61. The van der Waals surface area contributed by atoms with Crippen molar-refractivity contribution in [3.05, 3.63) is 47.7 Å². The summed E-state index contributed by atoms with van der Waals surface area (Å²) in [5.41, 5.74) is 1.13. The minimum atomic E-state index is -3.89. The molecule has 158 valence electrons. The zero-order chi connectivity index (χ0) is 21.6. The van der Waals surface area contributed by atoms with Gasteiger partial charge < -0.3 is 10.0 Å². The van der Waals surface area contributed by atoms with Gasteiger partial charge in [0.2, 0.25) is 0 Å². The van der Waals surface area contributed by atoms with Crippen molar-refractivity contribution < 1.29 is 18.3 Å². The molecule has 2 aromatic rings. The van der Waals surface area contributed by atoms with E-state index in [1.807, 2.05) is 4.90 Å². The Bertz CT molecular complexity index is 941. The van der Waals surface area contributed by atoms with Crippen LogP contribution in [0.1, 0.15) is 49.5 Å². The van der Waals surface area contributed by atoms with Gasteiger partial charge in [-0.05, 0) is 42.5 Å².